The molecule has 30 heavy (non-hydrogen) atoms. The van der Waals surface area contributed by atoms with Gasteiger partial charge < -0.3 is 15.5 Å². The van der Waals surface area contributed by atoms with Gasteiger partial charge in [0, 0.05) is 24.9 Å². The fourth-order valence-electron chi connectivity index (χ4n) is 3.98. The third-order valence-electron chi connectivity index (χ3n) is 5.70. The largest absolute Gasteiger partial charge is 0.357 e. The van der Waals surface area contributed by atoms with Crippen molar-refractivity contribution in [1.29, 1.82) is 0 Å². The van der Waals surface area contributed by atoms with Gasteiger partial charge in [-0.25, -0.2) is 8.78 Å². The quantitative estimate of drug-likeness (QED) is 0.776. The van der Waals surface area contributed by atoms with Crippen LogP contribution < -0.4 is 10.6 Å². The van der Waals surface area contributed by atoms with E-state index >= 15 is 0 Å². The SMILES string of the molecule is CNC(=O)[C@H]1NC(=O)/C(C)=C2\CCCCCN2C(c2cc(F)ccc2F)=NC1(C)C. The first-order valence-electron chi connectivity index (χ1n) is 10.2. The fourth-order valence-corrected chi connectivity index (χ4v) is 3.98. The molecule has 2 aliphatic rings. The van der Waals surface area contributed by atoms with E-state index < -0.39 is 29.1 Å². The number of halogens is 2. The zero-order chi connectivity index (χ0) is 22.1. The number of rotatable bonds is 2. The molecule has 1 atom stereocenters. The van der Waals surface area contributed by atoms with Crippen LogP contribution in [0.4, 0.5) is 8.78 Å². The summed E-state index contributed by atoms with van der Waals surface area (Å²) in [5.41, 5.74) is 0.0698. The van der Waals surface area contributed by atoms with Crippen LogP contribution in [0.1, 0.15) is 52.0 Å². The van der Waals surface area contributed by atoms with Crippen LogP contribution in [0.15, 0.2) is 34.5 Å². The van der Waals surface area contributed by atoms with Gasteiger partial charge >= 0.3 is 0 Å². The maximum absolute atomic E-state index is 14.8. The number of amides is 2. The van der Waals surface area contributed by atoms with Gasteiger partial charge in [0.25, 0.3) is 0 Å². The minimum atomic E-state index is -1.12. The maximum Gasteiger partial charge on any atom is 0.249 e. The van der Waals surface area contributed by atoms with Crippen LogP contribution in [0.3, 0.4) is 0 Å². The van der Waals surface area contributed by atoms with E-state index in [1.807, 2.05) is 4.90 Å². The Morgan fingerprint density at radius 2 is 2.00 bits per heavy atom. The molecule has 1 fully saturated rings. The van der Waals surface area contributed by atoms with Gasteiger partial charge in [-0.3, -0.25) is 14.6 Å². The van der Waals surface area contributed by atoms with E-state index in [2.05, 4.69) is 10.6 Å². The summed E-state index contributed by atoms with van der Waals surface area (Å²) in [7, 11) is 1.48. The molecule has 0 radical (unpaired) electrons. The summed E-state index contributed by atoms with van der Waals surface area (Å²) >= 11 is 0. The van der Waals surface area contributed by atoms with Crippen molar-refractivity contribution >= 4 is 17.6 Å². The monoisotopic (exact) mass is 418 g/mol. The van der Waals surface area contributed by atoms with Crippen molar-refractivity contribution in [2.24, 2.45) is 4.99 Å². The van der Waals surface area contributed by atoms with Crippen LogP contribution in [0, 0.1) is 11.6 Å². The molecule has 3 rings (SSSR count). The molecular formula is C22H28F2N4O2. The lowest BCUT2D eigenvalue weighted by molar-refractivity contribution is -0.128. The van der Waals surface area contributed by atoms with Gasteiger partial charge in [0.2, 0.25) is 11.8 Å². The van der Waals surface area contributed by atoms with Crippen molar-refractivity contribution in [3.63, 3.8) is 0 Å². The standard InChI is InChI=1S/C22H28F2N4O2/c1-13-17-8-6-5-7-11-28(17)19(15-12-14(23)9-10-16(15)24)27-22(2,3)18(21(30)25-4)26-20(13)29/h9-10,12,18H,5-8,11H2,1-4H3,(H,25,30)(H,26,29)/b17-13+,27-19?/t18-/m1/s1. The molecule has 2 aliphatic heterocycles. The molecular weight excluding hydrogens is 390 g/mol. The predicted molar refractivity (Wildman–Crippen MR) is 111 cm³/mol. The molecule has 0 saturated carbocycles. The Kier molecular flexibility index (Phi) is 6.24. The van der Waals surface area contributed by atoms with E-state index in [1.165, 1.54) is 7.05 Å². The molecule has 162 valence electrons. The van der Waals surface area contributed by atoms with Crippen LogP contribution in [-0.4, -0.2) is 47.7 Å². The molecule has 2 N–H and O–H groups in total. The zero-order valence-corrected chi connectivity index (χ0v) is 17.8. The number of likely N-dealkylation sites (N-methyl/N-ethyl adjacent to an activating group) is 1. The van der Waals surface area contributed by atoms with Crippen LogP contribution >= 0.6 is 0 Å². The third-order valence-corrected chi connectivity index (χ3v) is 5.70. The van der Waals surface area contributed by atoms with Crippen molar-refractivity contribution < 1.29 is 18.4 Å². The van der Waals surface area contributed by atoms with Crippen LogP contribution in [0.25, 0.3) is 0 Å². The highest BCUT2D eigenvalue weighted by Crippen LogP contribution is 2.30. The highest BCUT2D eigenvalue weighted by Gasteiger charge is 2.40. The van der Waals surface area contributed by atoms with E-state index in [-0.39, 0.29) is 17.3 Å². The van der Waals surface area contributed by atoms with Gasteiger partial charge in [0.15, 0.2) is 0 Å². The molecule has 0 aliphatic carbocycles. The van der Waals surface area contributed by atoms with Gasteiger partial charge in [-0.15, -0.1) is 0 Å². The predicted octanol–water partition coefficient (Wildman–Crippen LogP) is 2.88. The van der Waals surface area contributed by atoms with Crippen LogP contribution in [-0.2, 0) is 9.59 Å². The van der Waals surface area contributed by atoms with Gasteiger partial charge in [0.05, 0.1) is 11.1 Å². The second-order valence-electron chi connectivity index (χ2n) is 8.27. The summed E-state index contributed by atoms with van der Waals surface area (Å²) in [6, 6.07) is 2.26. The molecule has 2 heterocycles. The lowest BCUT2D eigenvalue weighted by Crippen LogP contribution is -2.56. The Hall–Kier alpha value is -2.77. The van der Waals surface area contributed by atoms with Gasteiger partial charge in [0.1, 0.15) is 23.5 Å². The average molecular weight is 418 g/mol. The topological polar surface area (TPSA) is 73.8 Å². The van der Waals surface area contributed by atoms with Crippen molar-refractivity contribution in [3.8, 4) is 0 Å². The third kappa shape index (κ3) is 4.22. The first kappa shape index (κ1) is 21.9. The first-order chi connectivity index (χ1) is 14.2. The summed E-state index contributed by atoms with van der Waals surface area (Å²) in [6.45, 7) is 5.61. The second kappa shape index (κ2) is 8.53. The lowest BCUT2D eigenvalue weighted by atomic mass is 9.93. The smallest absolute Gasteiger partial charge is 0.249 e. The number of benzene rings is 1. The Labute approximate surface area is 175 Å². The first-order valence-corrected chi connectivity index (χ1v) is 10.2. The summed E-state index contributed by atoms with van der Waals surface area (Å²) in [5, 5.41) is 5.35. The number of amidine groups is 1. The van der Waals surface area contributed by atoms with Crippen LogP contribution in [0.5, 0.6) is 0 Å². The zero-order valence-electron chi connectivity index (χ0n) is 17.8. The molecule has 0 bridgehead atoms. The maximum atomic E-state index is 14.8. The number of hydrogen-bond acceptors (Lipinski definition) is 4. The average Bonchev–Trinajstić information content (AvgIpc) is 2.95. The van der Waals surface area contributed by atoms with Crippen molar-refractivity contribution in [2.75, 3.05) is 13.6 Å². The fraction of sp³-hybridized carbons (Fsp3) is 0.500. The van der Waals surface area contributed by atoms with Crippen LogP contribution in [0.2, 0.25) is 0 Å². The molecule has 0 spiro atoms. The molecule has 2 amide bonds. The molecule has 0 unspecified atom stereocenters. The van der Waals surface area contributed by atoms with Gasteiger partial charge in [-0.1, -0.05) is 6.42 Å². The van der Waals surface area contributed by atoms with Crippen molar-refractivity contribution in [2.45, 2.75) is 58.0 Å². The number of carbonyl (C=O) groups is 2. The molecule has 1 saturated heterocycles. The molecule has 1 aromatic carbocycles. The van der Waals surface area contributed by atoms with Gasteiger partial charge in [-0.2, -0.15) is 0 Å². The van der Waals surface area contributed by atoms with E-state index in [4.69, 9.17) is 4.99 Å². The number of carbonyl (C=O) groups excluding carboxylic acids is 2. The second-order valence-corrected chi connectivity index (χ2v) is 8.27. The summed E-state index contributed by atoms with van der Waals surface area (Å²) in [4.78, 5) is 32.2. The number of fused-ring (bicyclic) bond motifs is 1. The lowest BCUT2D eigenvalue weighted by Gasteiger charge is -2.32. The number of aliphatic imine (C=N–C) groups is 1. The Bertz CT molecular complexity index is 924. The van der Waals surface area contributed by atoms with Gasteiger partial charge in [-0.05, 0) is 58.2 Å². The molecule has 8 heteroatoms. The number of hydrogen-bond donors (Lipinski definition) is 2. The molecule has 6 nitrogen and oxygen atoms in total. The highest BCUT2D eigenvalue weighted by molar-refractivity contribution is 6.04. The summed E-state index contributed by atoms with van der Waals surface area (Å²) < 4.78 is 28.9. The summed E-state index contributed by atoms with van der Waals surface area (Å²) in [6.07, 6.45) is 3.27. The normalized spacial score (nSPS) is 24.5. The molecule has 0 aromatic heterocycles. The van der Waals surface area contributed by atoms with Crippen molar-refractivity contribution in [3.05, 3.63) is 46.7 Å². The Morgan fingerprint density at radius 3 is 2.70 bits per heavy atom. The minimum absolute atomic E-state index is 0.0141. The van der Waals surface area contributed by atoms with E-state index in [0.29, 0.717) is 18.5 Å². The Balaban J connectivity index is 2.31. The number of allylic oxidation sites excluding steroid dienone is 1. The highest BCUT2D eigenvalue weighted by atomic mass is 19.1. The van der Waals surface area contributed by atoms with Crippen molar-refractivity contribution in [1.82, 2.24) is 15.5 Å². The number of nitrogens with one attached hydrogen (secondary N) is 2. The number of nitrogens with zero attached hydrogens (tertiary/aromatic N) is 2. The molecule has 1 aromatic rings. The minimum Gasteiger partial charge on any atom is -0.357 e. The van der Waals surface area contributed by atoms with E-state index in [9.17, 15) is 18.4 Å². The van der Waals surface area contributed by atoms with E-state index in [0.717, 1.165) is 43.2 Å². The summed E-state index contributed by atoms with van der Waals surface area (Å²) in [5.74, 6) is -1.73. The van der Waals surface area contributed by atoms with E-state index in [1.54, 1.807) is 20.8 Å². The Morgan fingerprint density at radius 1 is 1.27 bits per heavy atom.